The van der Waals surface area contributed by atoms with Gasteiger partial charge in [-0.1, -0.05) is 71.4 Å². The van der Waals surface area contributed by atoms with Gasteiger partial charge >= 0.3 is 12.2 Å². The zero-order valence-corrected chi connectivity index (χ0v) is 39.9. The van der Waals surface area contributed by atoms with Crippen LogP contribution in [0.4, 0.5) is 25.5 Å². The number of carbonyl (C=O) groups excluding carboxylic acids is 2. The molecule has 0 spiro atoms. The number of nitrogens with zero attached hydrogens (tertiary/aromatic N) is 5. The van der Waals surface area contributed by atoms with Gasteiger partial charge in [-0.05, 0) is 102 Å². The topological polar surface area (TPSA) is 119 Å². The maximum Gasteiger partial charge on any atom is 0.412 e. The van der Waals surface area contributed by atoms with Crippen LogP contribution in [0, 0.1) is 17.3 Å². The highest BCUT2D eigenvalue weighted by Crippen LogP contribution is 2.48. The number of anilines is 2. The molecule has 2 aromatic carbocycles. The summed E-state index contributed by atoms with van der Waals surface area (Å²) in [6.07, 6.45) is 2.01. The summed E-state index contributed by atoms with van der Waals surface area (Å²) in [6.45, 7) is 27.1. The number of halogens is 1. The molecular weight excluding hydrogens is 808 g/mol. The van der Waals surface area contributed by atoms with Crippen LogP contribution in [0.25, 0.3) is 32.9 Å². The molecule has 61 heavy (non-hydrogen) atoms. The maximum atomic E-state index is 17.8. The Balaban J connectivity index is 1.45. The molecule has 0 unspecified atom stereocenters. The van der Waals surface area contributed by atoms with Crippen molar-refractivity contribution in [2.24, 2.45) is 0 Å². The van der Waals surface area contributed by atoms with Gasteiger partial charge in [0.2, 0.25) is 5.88 Å². The van der Waals surface area contributed by atoms with E-state index in [1.165, 1.54) is 11.8 Å². The lowest BCUT2D eigenvalue weighted by Crippen LogP contribution is -2.65. The second-order valence-corrected chi connectivity index (χ2v) is 26.0. The minimum atomic E-state index is -2.21. The monoisotopic (exact) mass is 868 g/mol. The average molecular weight is 869 g/mol. The van der Waals surface area contributed by atoms with Crippen LogP contribution in [0.5, 0.6) is 5.88 Å². The van der Waals surface area contributed by atoms with Crippen molar-refractivity contribution in [3.05, 3.63) is 41.7 Å². The van der Waals surface area contributed by atoms with E-state index >= 15 is 4.39 Å². The Morgan fingerprint density at radius 1 is 0.934 bits per heavy atom. The van der Waals surface area contributed by atoms with Gasteiger partial charge in [0.25, 0.3) is 0 Å². The Bertz CT molecular complexity index is 2430. The molecule has 1 N–H and O–H groups in total. The van der Waals surface area contributed by atoms with Crippen molar-refractivity contribution in [1.29, 1.82) is 0 Å². The Morgan fingerprint density at radius 2 is 1.61 bits per heavy atom. The quantitative estimate of drug-likeness (QED) is 0.0868. The van der Waals surface area contributed by atoms with Gasteiger partial charge in [-0.3, -0.25) is 10.2 Å². The fourth-order valence-corrected chi connectivity index (χ4v) is 15.7. The fourth-order valence-electron chi connectivity index (χ4n) is 10.1. The minimum absolute atomic E-state index is 0.0475. The number of hydrogen-bond acceptors (Lipinski definition) is 10. The van der Waals surface area contributed by atoms with Crippen LogP contribution in [-0.4, -0.2) is 88.3 Å². The second-order valence-electron chi connectivity index (χ2n) is 19.7. The van der Waals surface area contributed by atoms with Gasteiger partial charge < -0.3 is 19.1 Å². The minimum Gasteiger partial charge on any atom is -0.472 e. The normalized spacial score (nSPS) is 20.1. The van der Waals surface area contributed by atoms with Crippen molar-refractivity contribution >= 4 is 65.2 Å². The highest BCUT2D eigenvalue weighted by Gasteiger charge is 2.54. The summed E-state index contributed by atoms with van der Waals surface area (Å²) in [7, 11) is -2.21. The van der Waals surface area contributed by atoms with E-state index in [0.29, 0.717) is 67.1 Å². The third-order valence-electron chi connectivity index (χ3n) is 12.5. The lowest BCUT2D eigenvalue weighted by atomic mass is 9.95. The number of benzene rings is 2. The number of hydrogen-bond donors (Lipinski definition) is 1. The molecule has 7 rings (SSSR count). The predicted octanol–water partition coefficient (Wildman–Crippen LogP) is 11.4. The lowest BCUT2D eigenvalue weighted by Gasteiger charge is -2.48. The van der Waals surface area contributed by atoms with E-state index in [2.05, 4.69) is 63.2 Å². The van der Waals surface area contributed by atoms with E-state index in [1.807, 2.05) is 77.8 Å². The zero-order valence-electron chi connectivity index (χ0n) is 38.1. The number of piperazine rings is 1. The van der Waals surface area contributed by atoms with Crippen LogP contribution in [0.3, 0.4) is 0 Å². The molecule has 2 saturated heterocycles. The number of ether oxygens (including phenoxy) is 3. The molecule has 3 aliphatic heterocycles. The van der Waals surface area contributed by atoms with Crippen molar-refractivity contribution in [3.8, 4) is 28.6 Å². The number of aromatic nitrogens is 3. The lowest BCUT2D eigenvalue weighted by molar-refractivity contribution is 0.000927. The number of fused-ring (bicyclic) bond motifs is 6. The van der Waals surface area contributed by atoms with E-state index in [-0.39, 0.29) is 41.3 Å². The first-order valence-corrected chi connectivity index (χ1v) is 25.0. The molecule has 326 valence electrons. The number of pyridine rings is 1. The molecule has 4 aromatic rings. The molecule has 5 heterocycles. The van der Waals surface area contributed by atoms with Gasteiger partial charge in [-0.15, -0.1) is 5.54 Å². The summed E-state index contributed by atoms with van der Waals surface area (Å²) in [5, 5.41) is 5.05. The van der Waals surface area contributed by atoms with Crippen LogP contribution in [-0.2, 0) is 9.47 Å². The van der Waals surface area contributed by atoms with Gasteiger partial charge in [-0.2, -0.15) is 0 Å². The second kappa shape index (κ2) is 16.3. The van der Waals surface area contributed by atoms with E-state index in [4.69, 9.17) is 29.2 Å². The summed E-state index contributed by atoms with van der Waals surface area (Å²) >= 11 is 1.33. The van der Waals surface area contributed by atoms with Crippen molar-refractivity contribution in [2.45, 2.75) is 160 Å². The van der Waals surface area contributed by atoms with Gasteiger partial charge in [0, 0.05) is 28.4 Å². The molecular formula is C47H61FN6O5SSi. The average Bonchev–Trinajstić information content (AvgIpc) is 3.40. The summed E-state index contributed by atoms with van der Waals surface area (Å²) in [5.74, 6) is 3.77. The Morgan fingerprint density at radius 3 is 2.23 bits per heavy atom. The Hall–Kier alpha value is -4.61. The number of rotatable bonds is 6. The van der Waals surface area contributed by atoms with Gasteiger partial charge in [0.1, 0.15) is 47.8 Å². The third-order valence-corrected chi connectivity index (χ3v) is 19.3. The van der Waals surface area contributed by atoms with E-state index in [9.17, 15) is 9.59 Å². The summed E-state index contributed by atoms with van der Waals surface area (Å²) < 4.78 is 36.1. The molecule has 3 aliphatic rings. The molecule has 0 saturated carbocycles. The zero-order chi connectivity index (χ0) is 44.5. The number of thioether (sulfide) groups is 1. The molecule has 2 aromatic heterocycles. The smallest absolute Gasteiger partial charge is 0.412 e. The maximum absolute atomic E-state index is 17.8. The molecule has 2 amide bonds. The van der Waals surface area contributed by atoms with Crippen molar-refractivity contribution in [2.75, 3.05) is 23.0 Å². The first kappa shape index (κ1) is 44.4. The molecule has 0 radical (unpaired) electrons. The highest BCUT2D eigenvalue weighted by atomic mass is 32.2. The standard InChI is InChI=1S/C47H61FN6O5SSi/c1-25(2)61(26(3)4,27(5)6)23-22-29-16-15-17-31-33(49-44(55)58-46(8,9)10)20-19-32(35(29)31)38-37(48)39-36-41(52-43(51-39)60-14)53-24-30-18-21-34(40(53)28(7)57-42(36)50-38)54(30)45(56)59-47(11,12)13/h15-17,19-20,25-28,30,34,40H,18,21,24H2,1-14H3,(H,49,55)/t28-,30+,34-,40+/m0/s1. The molecule has 0 aliphatic carbocycles. The summed E-state index contributed by atoms with van der Waals surface area (Å²) in [6, 6.07) is 8.65. The van der Waals surface area contributed by atoms with Crippen LogP contribution in [0.2, 0.25) is 16.6 Å². The van der Waals surface area contributed by atoms with E-state index in [0.717, 1.165) is 12.8 Å². The molecule has 14 heteroatoms. The molecule has 2 bridgehead atoms. The van der Waals surface area contributed by atoms with Crippen LogP contribution >= 0.6 is 11.8 Å². The molecule has 4 atom stereocenters. The Labute approximate surface area is 365 Å². The first-order chi connectivity index (χ1) is 28.6. The predicted molar refractivity (Wildman–Crippen MR) is 246 cm³/mol. The van der Waals surface area contributed by atoms with Crippen LogP contribution in [0.15, 0.2) is 35.5 Å². The van der Waals surface area contributed by atoms with Crippen molar-refractivity contribution in [1.82, 2.24) is 19.9 Å². The Kier molecular flexibility index (Phi) is 11.8. The van der Waals surface area contributed by atoms with Crippen LogP contribution in [0.1, 0.15) is 108 Å². The fraction of sp³-hybridized carbons (Fsp3) is 0.553. The number of carbonyl (C=O) groups is 2. The highest BCUT2D eigenvalue weighted by molar-refractivity contribution is 7.98. The third kappa shape index (κ3) is 8.13. The van der Waals surface area contributed by atoms with Crippen LogP contribution < -0.4 is 15.0 Å². The molecule has 2 fully saturated rings. The first-order valence-electron chi connectivity index (χ1n) is 21.5. The molecule has 11 nitrogen and oxygen atoms in total. The van der Waals surface area contributed by atoms with Crippen molar-refractivity contribution in [3.63, 3.8) is 0 Å². The van der Waals surface area contributed by atoms with Gasteiger partial charge in [-0.25, -0.2) is 28.9 Å². The van der Waals surface area contributed by atoms with Gasteiger partial charge in [0.05, 0.1) is 23.8 Å². The number of nitrogens with one attached hydrogen (secondary N) is 1. The van der Waals surface area contributed by atoms with Gasteiger partial charge in [0.15, 0.2) is 11.0 Å². The largest absolute Gasteiger partial charge is 0.472 e. The SMILES string of the molecule is CSc1nc2c3c(nc(-c4ccc(NC(=O)OC(C)(C)C)c5cccc(C#C[Si](C(C)C)(C(C)C)C(C)C)c45)c(F)c3n1)O[C@@H](C)[C@@H]1[C@@H]3CC[C@H](CN21)N3C(=O)OC(C)(C)C. The van der Waals surface area contributed by atoms with E-state index in [1.54, 1.807) is 12.1 Å². The van der Waals surface area contributed by atoms with Crippen molar-refractivity contribution < 1.29 is 28.2 Å². The number of amides is 2. The summed E-state index contributed by atoms with van der Waals surface area (Å²) in [4.78, 5) is 45.8. The van der Waals surface area contributed by atoms with E-state index < -0.39 is 37.3 Å². The summed E-state index contributed by atoms with van der Waals surface area (Å²) in [5.41, 5.74) is 5.48.